The summed E-state index contributed by atoms with van der Waals surface area (Å²) in [5.41, 5.74) is 2.69. The number of rotatable bonds is 4. The molecule has 1 saturated heterocycles. The van der Waals surface area contributed by atoms with Gasteiger partial charge >= 0.3 is 0 Å². The predicted molar refractivity (Wildman–Crippen MR) is 94.7 cm³/mol. The number of hydrogen-bond acceptors (Lipinski definition) is 2. The molecular weight excluding hydrogens is 274 g/mol. The number of nitrogens with zero attached hydrogens (tertiary/aromatic N) is 1. The molecule has 1 fully saturated rings. The van der Waals surface area contributed by atoms with Gasteiger partial charge in [0.1, 0.15) is 0 Å². The molecule has 0 aromatic heterocycles. The van der Waals surface area contributed by atoms with Gasteiger partial charge < -0.3 is 9.33 Å². The van der Waals surface area contributed by atoms with Crippen LogP contribution in [-0.2, 0) is 4.43 Å². The van der Waals surface area contributed by atoms with Crippen LogP contribution in [0, 0.1) is 6.92 Å². The van der Waals surface area contributed by atoms with Crippen molar-refractivity contribution in [3.8, 4) is 0 Å². The summed E-state index contributed by atoms with van der Waals surface area (Å²) in [6, 6.07) is 9.40. The van der Waals surface area contributed by atoms with Gasteiger partial charge in [-0.25, -0.2) is 0 Å². The smallest absolute Gasteiger partial charge is 0.192 e. The lowest BCUT2D eigenvalue weighted by Crippen LogP contribution is -2.44. The maximum Gasteiger partial charge on any atom is 0.192 e. The van der Waals surface area contributed by atoms with Crippen molar-refractivity contribution in [2.24, 2.45) is 0 Å². The molecule has 3 heteroatoms. The molecule has 1 aromatic carbocycles. The zero-order chi connectivity index (χ0) is 15.7. The van der Waals surface area contributed by atoms with Crippen molar-refractivity contribution in [2.45, 2.75) is 64.7 Å². The zero-order valence-corrected chi connectivity index (χ0v) is 15.6. The van der Waals surface area contributed by atoms with E-state index in [4.69, 9.17) is 4.43 Å². The van der Waals surface area contributed by atoms with Crippen molar-refractivity contribution in [1.82, 2.24) is 0 Å². The molecule has 21 heavy (non-hydrogen) atoms. The average Bonchev–Trinajstić information content (AvgIpc) is 2.83. The van der Waals surface area contributed by atoms with Crippen LogP contribution in [0.3, 0.4) is 0 Å². The molecule has 1 aromatic rings. The summed E-state index contributed by atoms with van der Waals surface area (Å²) in [5, 5.41) is 0.291. The van der Waals surface area contributed by atoms with Gasteiger partial charge in [0.15, 0.2) is 8.32 Å². The van der Waals surface area contributed by atoms with Crippen LogP contribution in [0.2, 0.25) is 18.1 Å². The van der Waals surface area contributed by atoms with Gasteiger partial charge in [-0.1, -0.05) is 32.9 Å². The van der Waals surface area contributed by atoms with Crippen LogP contribution in [-0.4, -0.2) is 27.5 Å². The second kappa shape index (κ2) is 6.13. The Morgan fingerprint density at radius 1 is 1.29 bits per heavy atom. The molecule has 0 aliphatic carbocycles. The predicted octanol–water partition coefficient (Wildman–Crippen LogP) is 4.99. The van der Waals surface area contributed by atoms with Crippen molar-refractivity contribution < 1.29 is 4.43 Å². The van der Waals surface area contributed by atoms with E-state index in [0.29, 0.717) is 11.1 Å². The van der Waals surface area contributed by atoms with E-state index in [-0.39, 0.29) is 0 Å². The van der Waals surface area contributed by atoms with E-state index in [1.165, 1.54) is 24.1 Å². The van der Waals surface area contributed by atoms with E-state index in [0.717, 1.165) is 13.2 Å². The second-order valence-corrected chi connectivity index (χ2v) is 12.7. The highest BCUT2D eigenvalue weighted by atomic mass is 28.4. The second-order valence-electron chi connectivity index (χ2n) is 7.90. The molecule has 118 valence electrons. The fraction of sp³-hybridized carbons (Fsp3) is 0.667. The molecule has 0 spiro atoms. The number of benzene rings is 1. The quantitative estimate of drug-likeness (QED) is 0.727. The molecular formula is C18H31NOSi. The van der Waals surface area contributed by atoms with Crippen molar-refractivity contribution in [3.05, 3.63) is 29.8 Å². The Hall–Kier alpha value is -0.803. The third kappa shape index (κ3) is 3.89. The van der Waals surface area contributed by atoms with E-state index < -0.39 is 8.32 Å². The third-order valence-electron chi connectivity index (χ3n) is 5.15. The number of aryl methyl sites for hydroxylation is 1. The third-order valence-corrected chi connectivity index (χ3v) is 9.65. The molecule has 0 bridgehead atoms. The molecule has 0 radical (unpaired) electrons. The highest BCUT2D eigenvalue weighted by Crippen LogP contribution is 2.37. The van der Waals surface area contributed by atoms with Crippen LogP contribution in [0.15, 0.2) is 24.3 Å². The van der Waals surface area contributed by atoms with Crippen LogP contribution in [0.5, 0.6) is 0 Å². The van der Waals surface area contributed by atoms with Gasteiger partial charge in [-0.05, 0) is 55.6 Å². The van der Waals surface area contributed by atoms with Gasteiger partial charge in [0.2, 0.25) is 0 Å². The van der Waals surface area contributed by atoms with E-state index in [2.05, 4.69) is 70.0 Å². The van der Waals surface area contributed by atoms with E-state index in [1.54, 1.807) is 0 Å². The lowest BCUT2D eigenvalue weighted by atomic mass is 10.2. The van der Waals surface area contributed by atoms with Crippen molar-refractivity contribution in [3.63, 3.8) is 0 Å². The van der Waals surface area contributed by atoms with Gasteiger partial charge in [0.25, 0.3) is 0 Å². The van der Waals surface area contributed by atoms with Crippen LogP contribution >= 0.6 is 0 Å². The Bertz CT molecular complexity index is 478. The summed E-state index contributed by atoms with van der Waals surface area (Å²) < 4.78 is 6.46. The molecule has 0 saturated carbocycles. The van der Waals surface area contributed by atoms with Gasteiger partial charge in [-0.2, -0.15) is 0 Å². The maximum absolute atomic E-state index is 6.46. The monoisotopic (exact) mass is 305 g/mol. The molecule has 0 amide bonds. The number of anilines is 1. The topological polar surface area (TPSA) is 12.5 Å². The fourth-order valence-corrected chi connectivity index (χ4v) is 3.72. The first-order chi connectivity index (χ1) is 9.71. The standard InChI is InChI=1S/C18H31NOSi/c1-15-9-7-10-16(13-15)19-12-8-11-17(19)14-20-21(5,6)18(2,3)4/h7,9-10,13,17H,8,11-12,14H2,1-6H3/t17-/m1/s1. The maximum atomic E-state index is 6.46. The lowest BCUT2D eigenvalue weighted by Gasteiger charge is -2.38. The van der Waals surface area contributed by atoms with E-state index >= 15 is 0 Å². The Labute approximate surface area is 131 Å². The largest absolute Gasteiger partial charge is 0.415 e. The SMILES string of the molecule is Cc1cccc(N2CCC[C@@H]2CO[Si](C)(C)C(C)(C)C)c1. The Morgan fingerprint density at radius 3 is 2.62 bits per heavy atom. The average molecular weight is 306 g/mol. The van der Waals surface area contributed by atoms with Crippen molar-refractivity contribution in [2.75, 3.05) is 18.1 Å². The Balaban J connectivity index is 2.03. The van der Waals surface area contributed by atoms with E-state index in [1.807, 2.05) is 0 Å². The van der Waals surface area contributed by atoms with Crippen molar-refractivity contribution in [1.29, 1.82) is 0 Å². The molecule has 1 aliphatic rings. The van der Waals surface area contributed by atoms with E-state index in [9.17, 15) is 0 Å². The molecule has 0 N–H and O–H groups in total. The molecule has 1 heterocycles. The highest BCUT2D eigenvalue weighted by Gasteiger charge is 2.38. The summed E-state index contributed by atoms with van der Waals surface area (Å²) in [7, 11) is -1.64. The normalized spacial score (nSPS) is 20.1. The summed E-state index contributed by atoms with van der Waals surface area (Å²) in [6.45, 7) is 15.8. The fourth-order valence-electron chi connectivity index (χ4n) is 2.68. The first-order valence-corrected chi connectivity index (χ1v) is 11.1. The zero-order valence-electron chi connectivity index (χ0n) is 14.6. The first kappa shape index (κ1) is 16.6. The minimum Gasteiger partial charge on any atom is -0.415 e. The molecule has 2 rings (SSSR count). The molecule has 1 atom stereocenters. The lowest BCUT2D eigenvalue weighted by molar-refractivity contribution is 0.263. The number of hydrogen-bond donors (Lipinski definition) is 0. The van der Waals surface area contributed by atoms with Crippen LogP contribution in [0.25, 0.3) is 0 Å². The summed E-state index contributed by atoms with van der Waals surface area (Å²) >= 11 is 0. The minimum atomic E-state index is -1.64. The van der Waals surface area contributed by atoms with Gasteiger partial charge in [0.05, 0.1) is 12.6 Å². The summed E-state index contributed by atoms with van der Waals surface area (Å²) in [4.78, 5) is 2.54. The van der Waals surface area contributed by atoms with Gasteiger partial charge in [-0.3, -0.25) is 0 Å². The summed E-state index contributed by atoms with van der Waals surface area (Å²) in [6.07, 6.45) is 2.53. The minimum absolute atomic E-state index is 0.291. The summed E-state index contributed by atoms with van der Waals surface area (Å²) in [5.74, 6) is 0. The Morgan fingerprint density at radius 2 is 2.00 bits per heavy atom. The molecule has 2 nitrogen and oxygen atoms in total. The van der Waals surface area contributed by atoms with Crippen LogP contribution in [0.4, 0.5) is 5.69 Å². The van der Waals surface area contributed by atoms with Crippen molar-refractivity contribution >= 4 is 14.0 Å². The molecule has 1 aliphatic heterocycles. The Kier molecular flexibility index (Phi) is 4.84. The van der Waals surface area contributed by atoms with Gasteiger partial charge in [0, 0.05) is 12.2 Å². The van der Waals surface area contributed by atoms with Crippen LogP contribution in [0.1, 0.15) is 39.2 Å². The van der Waals surface area contributed by atoms with Crippen LogP contribution < -0.4 is 4.90 Å². The first-order valence-electron chi connectivity index (χ1n) is 8.18. The highest BCUT2D eigenvalue weighted by molar-refractivity contribution is 6.74. The molecule has 0 unspecified atom stereocenters. The van der Waals surface area contributed by atoms with Gasteiger partial charge in [-0.15, -0.1) is 0 Å².